The highest BCUT2D eigenvalue weighted by Crippen LogP contribution is 2.27. The molecule has 2 heterocycles. The molecule has 0 aliphatic carbocycles. The molecule has 0 spiro atoms. The van der Waals surface area contributed by atoms with Gasteiger partial charge in [0.25, 0.3) is 0 Å². The van der Waals surface area contributed by atoms with Crippen LogP contribution in [0.2, 0.25) is 0 Å². The van der Waals surface area contributed by atoms with Crippen LogP contribution in [-0.4, -0.2) is 50.1 Å². The summed E-state index contributed by atoms with van der Waals surface area (Å²) in [5.74, 6) is 1.04. The highest BCUT2D eigenvalue weighted by molar-refractivity contribution is 14.0. The summed E-state index contributed by atoms with van der Waals surface area (Å²) in [5, 5.41) is 3.45. The van der Waals surface area contributed by atoms with Gasteiger partial charge in [-0.2, -0.15) is 0 Å². The number of fused-ring (bicyclic) bond motifs is 1. The van der Waals surface area contributed by atoms with Gasteiger partial charge >= 0.3 is 0 Å². The predicted molar refractivity (Wildman–Crippen MR) is 105 cm³/mol. The van der Waals surface area contributed by atoms with Crippen molar-refractivity contribution in [3.05, 3.63) is 29.8 Å². The number of rotatable bonds is 4. The molecule has 122 valence electrons. The van der Waals surface area contributed by atoms with Gasteiger partial charge in [-0.3, -0.25) is 4.99 Å². The van der Waals surface area contributed by atoms with Gasteiger partial charge in [0.2, 0.25) is 0 Å². The average Bonchev–Trinajstić information content (AvgIpc) is 3.16. The Hall–Kier alpha value is -0.820. The number of hydrogen-bond donors (Lipinski definition) is 1. The van der Waals surface area contributed by atoms with Crippen molar-refractivity contribution in [3.63, 3.8) is 0 Å². The van der Waals surface area contributed by atoms with Gasteiger partial charge in [-0.05, 0) is 50.9 Å². The smallest absolute Gasteiger partial charge is 0.198 e. The van der Waals surface area contributed by atoms with Crippen molar-refractivity contribution < 1.29 is 0 Å². The number of nitrogens with zero attached hydrogens (tertiary/aromatic N) is 3. The first-order valence-corrected chi connectivity index (χ1v) is 8.24. The molecular weight excluding hydrogens is 387 g/mol. The Kier molecular flexibility index (Phi) is 6.95. The van der Waals surface area contributed by atoms with Gasteiger partial charge in [-0.25, -0.2) is 0 Å². The number of benzene rings is 1. The van der Waals surface area contributed by atoms with Crippen LogP contribution in [0.1, 0.15) is 25.3 Å². The van der Waals surface area contributed by atoms with Gasteiger partial charge < -0.3 is 15.1 Å². The molecule has 2 aliphatic heterocycles. The predicted octanol–water partition coefficient (Wildman–Crippen LogP) is 2.73. The topological polar surface area (TPSA) is 30.9 Å². The highest BCUT2D eigenvalue weighted by Gasteiger charge is 2.22. The Bertz CT molecular complexity index is 497. The minimum absolute atomic E-state index is 0. The molecule has 0 aromatic heterocycles. The molecule has 5 heteroatoms. The quantitative estimate of drug-likeness (QED) is 0.467. The average molecular weight is 414 g/mol. The summed E-state index contributed by atoms with van der Waals surface area (Å²) in [6.45, 7) is 8.57. The minimum Gasteiger partial charge on any atom is -0.356 e. The van der Waals surface area contributed by atoms with Crippen molar-refractivity contribution in [2.75, 3.05) is 44.2 Å². The molecule has 22 heavy (non-hydrogen) atoms. The minimum atomic E-state index is 0. The molecule has 2 aliphatic rings. The van der Waals surface area contributed by atoms with E-state index < -0.39 is 0 Å². The van der Waals surface area contributed by atoms with Gasteiger partial charge in [0, 0.05) is 25.3 Å². The number of anilines is 1. The number of likely N-dealkylation sites (tertiary alicyclic amines) is 1. The lowest BCUT2D eigenvalue weighted by atomic mass is 10.2. The molecule has 4 nitrogen and oxygen atoms in total. The van der Waals surface area contributed by atoms with E-state index in [1.54, 1.807) is 0 Å². The summed E-state index contributed by atoms with van der Waals surface area (Å²) in [4.78, 5) is 9.70. The van der Waals surface area contributed by atoms with Crippen LogP contribution in [0.4, 0.5) is 5.69 Å². The lowest BCUT2D eigenvalue weighted by Gasteiger charge is -2.22. The van der Waals surface area contributed by atoms with Gasteiger partial charge in [-0.1, -0.05) is 18.2 Å². The van der Waals surface area contributed by atoms with E-state index in [1.165, 1.54) is 37.2 Å². The molecule has 0 amide bonds. The van der Waals surface area contributed by atoms with Crippen molar-refractivity contribution in [1.82, 2.24) is 10.2 Å². The van der Waals surface area contributed by atoms with Crippen LogP contribution in [0, 0.1) is 0 Å². The fraction of sp³-hybridized carbons (Fsp3) is 0.588. The third kappa shape index (κ3) is 4.13. The fourth-order valence-electron chi connectivity index (χ4n) is 3.26. The van der Waals surface area contributed by atoms with Gasteiger partial charge in [0.1, 0.15) is 0 Å². The van der Waals surface area contributed by atoms with Crippen LogP contribution < -0.4 is 10.2 Å². The Morgan fingerprint density at radius 3 is 2.73 bits per heavy atom. The Balaban J connectivity index is 0.00000176. The standard InChI is InChI=1S/C17H26N4.HI/c1-2-18-17(19-10-14-20-11-5-6-12-20)21-13-9-15-7-3-4-8-16(15)21;/h3-4,7-8H,2,5-6,9-14H2,1H3,(H,18,19);1H. The Morgan fingerprint density at radius 2 is 1.95 bits per heavy atom. The first kappa shape index (κ1) is 17.5. The second kappa shape index (κ2) is 8.72. The van der Waals surface area contributed by atoms with Gasteiger partial charge in [0.15, 0.2) is 5.96 Å². The number of nitrogens with one attached hydrogen (secondary N) is 1. The van der Waals surface area contributed by atoms with Crippen molar-refractivity contribution >= 4 is 35.6 Å². The SMILES string of the molecule is CCNC(=NCCN1CCCC1)N1CCc2ccccc21.I. The van der Waals surface area contributed by atoms with Crippen LogP contribution in [0.5, 0.6) is 0 Å². The largest absolute Gasteiger partial charge is 0.356 e. The van der Waals surface area contributed by atoms with E-state index in [0.717, 1.165) is 38.6 Å². The normalized spacial score (nSPS) is 18.2. The van der Waals surface area contributed by atoms with Crippen LogP contribution >= 0.6 is 24.0 Å². The first-order chi connectivity index (χ1) is 10.4. The molecule has 1 saturated heterocycles. The third-order valence-corrected chi connectivity index (χ3v) is 4.35. The van der Waals surface area contributed by atoms with Crippen molar-refractivity contribution in [1.29, 1.82) is 0 Å². The maximum Gasteiger partial charge on any atom is 0.198 e. The number of hydrogen-bond acceptors (Lipinski definition) is 2. The molecular formula is C17H27IN4. The molecule has 0 radical (unpaired) electrons. The van der Waals surface area contributed by atoms with E-state index in [4.69, 9.17) is 4.99 Å². The summed E-state index contributed by atoms with van der Waals surface area (Å²) >= 11 is 0. The highest BCUT2D eigenvalue weighted by atomic mass is 127. The van der Waals surface area contributed by atoms with E-state index in [2.05, 4.69) is 46.3 Å². The Labute approximate surface area is 151 Å². The molecule has 1 N–H and O–H groups in total. The summed E-state index contributed by atoms with van der Waals surface area (Å²) in [5.41, 5.74) is 2.75. The van der Waals surface area contributed by atoms with E-state index in [1.807, 2.05) is 0 Å². The maximum atomic E-state index is 4.85. The number of halogens is 1. The Morgan fingerprint density at radius 1 is 1.18 bits per heavy atom. The number of aliphatic imine (C=N–C) groups is 1. The van der Waals surface area contributed by atoms with E-state index >= 15 is 0 Å². The summed E-state index contributed by atoms with van der Waals surface area (Å²) in [6.07, 6.45) is 3.82. The molecule has 1 aromatic carbocycles. The zero-order chi connectivity index (χ0) is 14.5. The summed E-state index contributed by atoms with van der Waals surface area (Å²) < 4.78 is 0. The van der Waals surface area contributed by atoms with Gasteiger partial charge in [0.05, 0.1) is 6.54 Å². The molecule has 3 rings (SSSR count). The first-order valence-electron chi connectivity index (χ1n) is 8.24. The zero-order valence-corrected chi connectivity index (χ0v) is 15.8. The molecule has 0 unspecified atom stereocenters. The van der Waals surface area contributed by atoms with Crippen molar-refractivity contribution in [2.24, 2.45) is 4.99 Å². The van der Waals surface area contributed by atoms with Crippen molar-refractivity contribution in [3.8, 4) is 0 Å². The molecule has 0 saturated carbocycles. The van der Waals surface area contributed by atoms with Gasteiger partial charge in [-0.15, -0.1) is 24.0 Å². The molecule has 0 bridgehead atoms. The maximum absolute atomic E-state index is 4.85. The summed E-state index contributed by atoms with van der Waals surface area (Å²) in [7, 11) is 0. The third-order valence-electron chi connectivity index (χ3n) is 4.35. The second-order valence-electron chi connectivity index (χ2n) is 5.81. The second-order valence-corrected chi connectivity index (χ2v) is 5.81. The van der Waals surface area contributed by atoms with Crippen molar-refractivity contribution in [2.45, 2.75) is 26.2 Å². The fourth-order valence-corrected chi connectivity index (χ4v) is 3.26. The number of guanidine groups is 1. The van der Waals surface area contributed by atoms with E-state index in [9.17, 15) is 0 Å². The molecule has 0 atom stereocenters. The van der Waals surface area contributed by atoms with Crippen LogP contribution in [-0.2, 0) is 6.42 Å². The summed E-state index contributed by atoms with van der Waals surface area (Å²) in [6, 6.07) is 8.67. The van der Waals surface area contributed by atoms with E-state index in [-0.39, 0.29) is 24.0 Å². The van der Waals surface area contributed by atoms with Crippen LogP contribution in [0.3, 0.4) is 0 Å². The molecule has 1 aromatic rings. The lowest BCUT2D eigenvalue weighted by Crippen LogP contribution is -2.41. The monoisotopic (exact) mass is 414 g/mol. The van der Waals surface area contributed by atoms with Crippen LogP contribution in [0.25, 0.3) is 0 Å². The lowest BCUT2D eigenvalue weighted by molar-refractivity contribution is 0.349. The van der Waals surface area contributed by atoms with Crippen LogP contribution in [0.15, 0.2) is 29.3 Å². The van der Waals surface area contributed by atoms with E-state index in [0.29, 0.717) is 0 Å². The number of para-hydroxylation sites is 1. The molecule has 1 fully saturated rings. The zero-order valence-electron chi connectivity index (χ0n) is 13.4.